The van der Waals surface area contributed by atoms with Crippen molar-refractivity contribution in [2.45, 2.75) is 44.8 Å². The lowest BCUT2D eigenvalue weighted by atomic mass is 10.0. The first-order chi connectivity index (χ1) is 12.7. The lowest BCUT2D eigenvalue weighted by Crippen LogP contribution is -2.55. The average molecular weight is 524 g/mol. The van der Waals surface area contributed by atoms with Crippen LogP contribution < -0.4 is 15.4 Å². The molecule has 0 aliphatic carbocycles. The van der Waals surface area contributed by atoms with E-state index in [4.69, 9.17) is 0 Å². The summed E-state index contributed by atoms with van der Waals surface area (Å²) in [6.45, 7) is 7.01. The van der Waals surface area contributed by atoms with Crippen LogP contribution in [0.3, 0.4) is 0 Å². The molecule has 28 heavy (non-hydrogen) atoms. The molecule has 3 N–H and O–H groups in total. The van der Waals surface area contributed by atoms with Gasteiger partial charge in [-0.15, -0.1) is 24.0 Å². The summed E-state index contributed by atoms with van der Waals surface area (Å²) in [6, 6.07) is 6.36. The van der Waals surface area contributed by atoms with Gasteiger partial charge in [0, 0.05) is 51.0 Å². The number of nitrogens with zero attached hydrogens (tertiary/aromatic N) is 3. The van der Waals surface area contributed by atoms with Crippen LogP contribution in [0.2, 0.25) is 0 Å². The minimum atomic E-state index is -3.26. The number of aliphatic imine (C=N–C) groups is 1. The van der Waals surface area contributed by atoms with Crippen molar-refractivity contribution in [1.82, 2.24) is 25.2 Å². The summed E-state index contributed by atoms with van der Waals surface area (Å²) < 4.78 is 25.5. The highest BCUT2D eigenvalue weighted by Crippen LogP contribution is 2.13. The number of sulfonamides is 1. The van der Waals surface area contributed by atoms with Crippen molar-refractivity contribution in [2.24, 2.45) is 4.99 Å². The number of rotatable bonds is 7. The zero-order chi connectivity index (χ0) is 19.9. The van der Waals surface area contributed by atoms with E-state index in [1.165, 1.54) is 6.26 Å². The topological polar surface area (TPSA) is 98.7 Å². The van der Waals surface area contributed by atoms with Gasteiger partial charge in [-0.2, -0.15) is 0 Å². The third kappa shape index (κ3) is 9.48. The molecule has 0 spiro atoms. The van der Waals surface area contributed by atoms with Crippen molar-refractivity contribution in [2.75, 3.05) is 32.9 Å². The third-order valence-electron chi connectivity index (χ3n) is 4.42. The molecule has 0 saturated carbocycles. The molecule has 1 aromatic rings. The lowest BCUT2D eigenvalue weighted by Gasteiger charge is -2.33. The maximum absolute atomic E-state index is 11.4. The molecule has 2 rings (SSSR count). The first-order valence-corrected chi connectivity index (χ1v) is 11.1. The van der Waals surface area contributed by atoms with E-state index >= 15 is 0 Å². The Morgan fingerprint density at radius 2 is 2.00 bits per heavy atom. The predicted octanol–water partition coefficient (Wildman–Crippen LogP) is 1.16. The Morgan fingerprint density at radius 3 is 2.54 bits per heavy atom. The van der Waals surface area contributed by atoms with Crippen molar-refractivity contribution in [3.63, 3.8) is 0 Å². The van der Waals surface area contributed by atoms with Crippen LogP contribution in [0, 0.1) is 0 Å². The SMILES string of the molecule is CN=C(NCC(C)(C)NS(C)(=O)=O)NC1CCN(Cc2ccccn2)CC1.I. The number of halogens is 1. The summed E-state index contributed by atoms with van der Waals surface area (Å²) in [6.07, 6.45) is 5.05. The van der Waals surface area contributed by atoms with E-state index in [1.54, 1.807) is 7.05 Å². The second-order valence-corrected chi connectivity index (χ2v) is 9.45. The Labute approximate surface area is 186 Å². The smallest absolute Gasteiger partial charge is 0.209 e. The van der Waals surface area contributed by atoms with Crippen LogP contribution in [0.25, 0.3) is 0 Å². The van der Waals surface area contributed by atoms with Crippen molar-refractivity contribution in [3.8, 4) is 0 Å². The molecule has 0 unspecified atom stereocenters. The van der Waals surface area contributed by atoms with Crippen LogP contribution in [0.15, 0.2) is 29.4 Å². The van der Waals surface area contributed by atoms with Gasteiger partial charge in [-0.3, -0.25) is 14.9 Å². The fourth-order valence-corrected chi connectivity index (χ4v) is 4.26. The Balaban J connectivity index is 0.00000392. The molecule has 0 amide bonds. The second kappa shape index (κ2) is 11.3. The standard InChI is InChI=1S/C18H32N6O2S.HI/c1-18(2,23-27(4,25)26)14-21-17(19-3)22-15-8-11-24(12-9-15)13-16-7-5-6-10-20-16;/h5-7,10,15,23H,8-9,11-14H2,1-4H3,(H2,19,21,22);1H. The largest absolute Gasteiger partial charge is 0.355 e. The fraction of sp³-hybridized carbons (Fsp3) is 0.667. The summed E-state index contributed by atoms with van der Waals surface area (Å²) in [7, 11) is -1.53. The molecular formula is C18H33IN6O2S. The lowest BCUT2D eigenvalue weighted by molar-refractivity contribution is 0.196. The molecule has 160 valence electrons. The highest BCUT2D eigenvalue weighted by molar-refractivity contribution is 14.0. The average Bonchev–Trinajstić information content (AvgIpc) is 2.59. The van der Waals surface area contributed by atoms with Gasteiger partial charge in [0.1, 0.15) is 0 Å². The maximum Gasteiger partial charge on any atom is 0.209 e. The number of nitrogens with one attached hydrogen (secondary N) is 3. The van der Waals surface area contributed by atoms with E-state index in [0.29, 0.717) is 18.5 Å². The monoisotopic (exact) mass is 524 g/mol. The summed E-state index contributed by atoms with van der Waals surface area (Å²) in [4.78, 5) is 11.1. The number of hydrogen-bond donors (Lipinski definition) is 3. The van der Waals surface area contributed by atoms with E-state index < -0.39 is 15.6 Å². The van der Waals surface area contributed by atoms with Crippen LogP contribution in [-0.2, 0) is 16.6 Å². The van der Waals surface area contributed by atoms with E-state index in [0.717, 1.165) is 38.2 Å². The molecule has 0 aromatic carbocycles. The Bertz CT molecular complexity index is 719. The molecule has 0 bridgehead atoms. The molecule has 8 nitrogen and oxygen atoms in total. The van der Waals surface area contributed by atoms with E-state index in [1.807, 2.05) is 32.2 Å². The molecule has 1 aromatic heterocycles. The van der Waals surface area contributed by atoms with Gasteiger partial charge in [-0.05, 0) is 38.8 Å². The second-order valence-electron chi connectivity index (χ2n) is 7.70. The Hall–Kier alpha value is -0.980. The molecule has 1 saturated heterocycles. The quantitative estimate of drug-likeness (QED) is 0.281. The molecule has 10 heteroatoms. The number of aromatic nitrogens is 1. The van der Waals surface area contributed by atoms with Crippen LogP contribution in [0.4, 0.5) is 0 Å². The normalized spacial score (nSPS) is 17.1. The molecule has 1 aliphatic rings. The van der Waals surface area contributed by atoms with Gasteiger partial charge in [0.05, 0.1) is 11.9 Å². The fourth-order valence-electron chi connectivity index (χ4n) is 3.19. The zero-order valence-corrected chi connectivity index (χ0v) is 20.3. The maximum atomic E-state index is 11.4. The summed E-state index contributed by atoms with van der Waals surface area (Å²) in [5, 5.41) is 6.66. The number of likely N-dealkylation sites (tertiary alicyclic amines) is 1. The highest BCUT2D eigenvalue weighted by atomic mass is 127. The Kier molecular flexibility index (Phi) is 10.1. The molecular weight excluding hydrogens is 491 g/mol. The van der Waals surface area contributed by atoms with Crippen LogP contribution >= 0.6 is 24.0 Å². The van der Waals surface area contributed by atoms with Gasteiger partial charge in [0.2, 0.25) is 10.0 Å². The van der Waals surface area contributed by atoms with Gasteiger partial charge in [-0.1, -0.05) is 6.07 Å². The molecule has 1 aliphatic heterocycles. The van der Waals surface area contributed by atoms with Gasteiger partial charge in [0.15, 0.2) is 5.96 Å². The van der Waals surface area contributed by atoms with Gasteiger partial charge in [0.25, 0.3) is 0 Å². The van der Waals surface area contributed by atoms with Gasteiger partial charge >= 0.3 is 0 Å². The Morgan fingerprint density at radius 1 is 1.32 bits per heavy atom. The van der Waals surface area contributed by atoms with E-state index in [2.05, 4.69) is 36.3 Å². The zero-order valence-electron chi connectivity index (χ0n) is 17.1. The summed E-state index contributed by atoms with van der Waals surface area (Å²) in [5.41, 5.74) is 0.499. The van der Waals surface area contributed by atoms with Crippen LogP contribution in [-0.4, -0.2) is 68.8 Å². The third-order valence-corrected chi connectivity index (χ3v) is 5.35. The number of guanidine groups is 1. The van der Waals surface area contributed by atoms with Gasteiger partial charge in [-0.25, -0.2) is 13.1 Å². The van der Waals surface area contributed by atoms with E-state index in [9.17, 15) is 8.42 Å². The summed E-state index contributed by atoms with van der Waals surface area (Å²) in [5.74, 6) is 0.696. The minimum Gasteiger partial charge on any atom is -0.355 e. The van der Waals surface area contributed by atoms with E-state index in [-0.39, 0.29) is 24.0 Å². The van der Waals surface area contributed by atoms with Crippen LogP contribution in [0.5, 0.6) is 0 Å². The van der Waals surface area contributed by atoms with Crippen molar-refractivity contribution < 1.29 is 8.42 Å². The van der Waals surface area contributed by atoms with Crippen molar-refractivity contribution >= 4 is 40.0 Å². The molecule has 0 radical (unpaired) electrons. The highest BCUT2D eigenvalue weighted by Gasteiger charge is 2.24. The number of pyridine rings is 1. The number of piperidine rings is 1. The van der Waals surface area contributed by atoms with Gasteiger partial charge < -0.3 is 10.6 Å². The predicted molar refractivity (Wildman–Crippen MR) is 125 cm³/mol. The first-order valence-electron chi connectivity index (χ1n) is 9.25. The minimum absolute atomic E-state index is 0. The molecule has 2 heterocycles. The number of hydrogen-bond acceptors (Lipinski definition) is 5. The first kappa shape index (κ1) is 25.1. The summed E-state index contributed by atoms with van der Waals surface area (Å²) >= 11 is 0. The molecule has 0 atom stereocenters. The van der Waals surface area contributed by atoms with Crippen molar-refractivity contribution in [1.29, 1.82) is 0 Å². The van der Waals surface area contributed by atoms with Crippen molar-refractivity contribution in [3.05, 3.63) is 30.1 Å². The van der Waals surface area contributed by atoms with Crippen LogP contribution in [0.1, 0.15) is 32.4 Å². The molecule has 1 fully saturated rings.